The molecular weight excluding hydrogens is 547 g/mol. The molecule has 0 amide bonds. The van der Waals surface area contributed by atoms with Crippen molar-refractivity contribution in [3.05, 3.63) is 72.3 Å². The van der Waals surface area contributed by atoms with E-state index in [-0.39, 0.29) is 35.7 Å². The Kier molecular flexibility index (Phi) is 7.19. The average molecular weight is 570 g/mol. The van der Waals surface area contributed by atoms with Crippen LogP contribution in [0.4, 0.5) is 18.9 Å². The highest BCUT2D eigenvalue weighted by atomic mass is 32.2. The van der Waals surface area contributed by atoms with Crippen LogP contribution in [0.25, 0.3) is 11.1 Å². The Morgan fingerprint density at radius 2 is 1.74 bits per heavy atom. The number of fused-ring (bicyclic) bond motifs is 1. The zero-order valence-corrected chi connectivity index (χ0v) is 21.5. The maximum atomic E-state index is 13.7. The molecule has 0 aromatic heterocycles. The second-order valence-electron chi connectivity index (χ2n) is 8.68. The summed E-state index contributed by atoms with van der Waals surface area (Å²) < 4.78 is 98.7. The number of ether oxygens (including phenoxy) is 1. The molecule has 3 aromatic carbocycles. The SMILES string of the molecule is CS(=O)(=O)c1ccccc1-c1ccc2c(c1)N(S(=O)(=O)c1cccc(C(F)(F)F)c1)C[C@H](CCC(=O)O)O2. The second-order valence-corrected chi connectivity index (χ2v) is 12.5. The van der Waals surface area contributed by atoms with E-state index in [2.05, 4.69) is 0 Å². The number of anilines is 1. The van der Waals surface area contributed by atoms with E-state index in [1.54, 1.807) is 18.2 Å². The highest BCUT2D eigenvalue weighted by molar-refractivity contribution is 7.92. The number of carboxylic acids is 1. The first-order valence-corrected chi connectivity index (χ1v) is 14.5. The van der Waals surface area contributed by atoms with Crippen LogP contribution >= 0.6 is 0 Å². The van der Waals surface area contributed by atoms with Crippen molar-refractivity contribution in [2.45, 2.75) is 34.9 Å². The number of alkyl halides is 3. The minimum absolute atomic E-state index is 0.00305. The van der Waals surface area contributed by atoms with Gasteiger partial charge in [-0.05, 0) is 48.4 Å². The normalized spacial score (nSPS) is 16.0. The summed E-state index contributed by atoms with van der Waals surface area (Å²) in [6, 6.07) is 13.7. The summed E-state index contributed by atoms with van der Waals surface area (Å²) in [7, 11) is -8.24. The Balaban J connectivity index is 1.87. The van der Waals surface area contributed by atoms with Crippen molar-refractivity contribution in [1.82, 2.24) is 0 Å². The van der Waals surface area contributed by atoms with Crippen molar-refractivity contribution in [2.75, 3.05) is 17.1 Å². The molecule has 8 nitrogen and oxygen atoms in total. The summed E-state index contributed by atoms with van der Waals surface area (Å²) in [6.45, 7) is -0.365. The molecule has 38 heavy (non-hydrogen) atoms. The number of aliphatic carboxylic acids is 1. The largest absolute Gasteiger partial charge is 0.486 e. The Hall–Kier alpha value is -3.58. The number of sulfonamides is 1. The summed E-state index contributed by atoms with van der Waals surface area (Å²) in [5, 5.41) is 9.06. The van der Waals surface area contributed by atoms with Crippen molar-refractivity contribution in [3.63, 3.8) is 0 Å². The minimum Gasteiger partial charge on any atom is -0.486 e. The highest BCUT2D eigenvalue weighted by Gasteiger charge is 2.37. The van der Waals surface area contributed by atoms with Gasteiger partial charge < -0.3 is 9.84 Å². The number of nitrogens with zero attached hydrogens (tertiary/aromatic N) is 1. The third kappa shape index (κ3) is 5.63. The van der Waals surface area contributed by atoms with E-state index >= 15 is 0 Å². The Bertz CT molecular complexity index is 1600. The first-order chi connectivity index (χ1) is 17.7. The van der Waals surface area contributed by atoms with E-state index in [1.165, 1.54) is 24.3 Å². The molecule has 1 aliphatic rings. The molecule has 4 rings (SSSR count). The van der Waals surface area contributed by atoms with Crippen LogP contribution in [0.3, 0.4) is 0 Å². The summed E-state index contributed by atoms with van der Waals surface area (Å²) in [5.41, 5.74) is -0.538. The van der Waals surface area contributed by atoms with E-state index in [1.807, 2.05) is 0 Å². The molecular formula is C25H22F3NO7S2. The second kappa shape index (κ2) is 9.95. The molecule has 13 heteroatoms. The fraction of sp³-hybridized carbons (Fsp3) is 0.240. The zero-order valence-electron chi connectivity index (χ0n) is 19.8. The fourth-order valence-electron chi connectivity index (χ4n) is 4.13. The van der Waals surface area contributed by atoms with Crippen molar-refractivity contribution < 1.29 is 44.6 Å². The number of hydrogen-bond acceptors (Lipinski definition) is 6. The lowest BCUT2D eigenvalue weighted by Crippen LogP contribution is -2.43. The number of halogens is 3. The van der Waals surface area contributed by atoms with Gasteiger partial charge in [0.25, 0.3) is 10.0 Å². The first-order valence-electron chi connectivity index (χ1n) is 11.2. The van der Waals surface area contributed by atoms with E-state index in [9.17, 15) is 34.8 Å². The van der Waals surface area contributed by atoms with E-state index in [4.69, 9.17) is 9.84 Å². The van der Waals surface area contributed by atoms with Gasteiger partial charge in [0, 0.05) is 18.2 Å². The number of carbonyl (C=O) groups is 1. The predicted octanol–water partition coefficient (Wildman–Crippen LogP) is 4.60. The molecule has 0 saturated carbocycles. The van der Waals surface area contributed by atoms with Gasteiger partial charge in [0.15, 0.2) is 9.84 Å². The minimum atomic E-state index is -4.78. The van der Waals surface area contributed by atoms with Crippen LogP contribution in [-0.2, 0) is 30.8 Å². The van der Waals surface area contributed by atoms with Crippen molar-refractivity contribution in [3.8, 4) is 16.9 Å². The quantitative estimate of drug-likeness (QED) is 0.442. The van der Waals surface area contributed by atoms with Gasteiger partial charge in [-0.3, -0.25) is 9.10 Å². The van der Waals surface area contributed by atoms with Gasteiger partial charge in [-0.2, -0.15) is 13.2 Å². The van der Waals surface area contributed by atoms with E-state index in [0.717, 1.165) is 28.8 Å². The molecule has 1 heterocycles. The molecule has 1 N–H and O–H groups in total. The lowest BCUT2D eigenvalue weighted by atomic mass is 10.0. The van der Waals surface area contributed by atoms with Gasteiger partial charge in [0.2, 0.25) is 0 Å². The maximum Gasteiger partial charge on any atom is 0.416 e. The molecule has 0 fully saturated rings. The van der Waals surface area contributed by atoms with E-state index in [0.29, 0.717) is 17.2 Å². The predicted molar refractivity (Wildman–Crippen MR) is 132 cm³/mol. The summed E-state index contributed by atoms with van der Waals surface area (Å²) >= 11 is 0. The van der Waals surface area contributed by atoms with Crippen LogP contribution in [0.2, 0.25) is 0 Å². The molecule has 0 saturated heterocycles. The zero-order chi connectivity index (χ0) is 27.9. The molecule has 1 aliphatic heterocycles. The smallest absolute Gasteiger partial charge is 0.416 e. The van der Waals surface area contributed by atoms with Gasteiger partial charge in [-0.25, -0.2) is 16.8 Å². The van der Waals surface area contributed by atoms with Gasteiger partial charge in [0.05, 0.1) is 27.6 Å². The highest BCUT2D eigenvalue weighted by Crippen LogP contribution is 2.42. The molecule has 0 spiro atoms. The average Bonchev–Trinajstić information content (AvgIpc) is 2.85. The molecule has 0 aliphatic carbocycles. The Morgan fingerprint density at radius 3 is 2.39 bits per heavy atom. The third-order valence-corrected chi connectivity index (χ3v) is 8.85. The van der Waals surface area contributed by atoms with Crippen molar-refractivity contribution in [1.29, 1.82) is 0 Å². The van der Waals surface area contributed by atoms with Crippen LogP contribution in [-0.4, -0.2) is 46.8 Å². The van der Waals surface area contributed by atoms with Crippen LogP contribution in [0, 0.1) is 0 Å². The Labute approximate surface area is 217 Å². The number of carboxylic acid groups (broad SMARTS) is 1. The van der Waals surface area contributed by atoms with Crippen LogP contribution in [0.1, 0.15) is 18.4 Å². The standard InChI is InChI=1S/C25H22F3NO7S2/c1-37(32,33)23-8-3-2-7-20(23)16-9-11-22-21(13-16)29(15-18(36-22)10-12-24(30)31)38(34,35)19-6-4-5-17(14-19)25(26,27)28/h2-9,11,13-14,18H,10,12,15H2,1H3,(H,30,31)/t18-/m0/s1. The number of rotatable bonds is 7. The molecule has 0 radical (unpaired) electrons. The van der Waals surface area contributed by atoms with E-state index < -0.39 is 48.6 Å². The summed E-state index contributed by atoms with van der Waals surface area (Å²) in [5.74, 6) is -1.07. The maximum absolute atomic E-state index is 13.7. The lowest BCUT2D eigenvalue weighted by molar-refractivity contribution is -0.138. The third-order valence-electron chi connectivity index (χ3n) is 5.92. The van der Waals surface area contributed by atoms with Crippen molar-refractivity contribution >= 4 is 31.5 Å². The van der Waals surface area contributed by atoms with Gasteiger partial charge in [-0.1, -0.05) is 30.3 Å². The number of sulfone groups is 1. The summed E-state index contributed by atoms with van der Waals surface area (Å²) in [4.78, 5) is 10.5. The molecule has 202 valence electrons. The first kappa shape index (κ1) is 27.5. The molecule has 0 bridgehead atoms. The molecule has 1 atom stereocenters. The monoisotopic (exact) mass is 569 g/mol. The topological polar surface area (TPSA) is 118 Å². The lowest BCUT2D eigenvalue weighted by Gasteiger charge is -2.36. The number of hydrogen-bond donors (Lipinski definition) is 1. The Morgan fingerprint density at radius 1 is 1.03 bits per heavy atom. The van der Waals surface area contributed by atoms with Gasteiger partial charge >= 0.3 is 12.1 Å². The van der Waals surface area contributed by atoms with Crippen molar-refractivity contribution in [2.24, 2.45) is 0 Å². The van der Waals surface area contributed by atoms with Crippen LogP contribution < -0.4 is 9.04 Å². The van der Waals surface area contributed by atoms with Crippen LogP contribution in [0.5, 0.6) is 5.75 Å². The fourth-order valence-corrected chi connectivity index (χ4v) is 6.59. The summed E-state index contributed by atoms with van der Waals surface area (Å²) in [6.07, 6.45) is -5.01. The molecule has 3 aromatic rings. The van der Waals surface area contributed by atoms with Gasteiger partial charge in [-0.15, -0.1) is 0 Å². The van der Waals surface area contributed by atoms with Gasteiger partial charge in [0.1, 0.15) is 11.9 Å². The number of benzene rings is 3. The van der Waals surface area contributed by atoms with Crippen LogP contribution in [0.15, 0.2) is 76.5 Å². The molecule has 0 unspecified atom stereocenters.